The summed E-state index contributed by atoms with van der Waals surface area (Å²) >= 11 is 0. The van der Waals surface area contributed by atoms with E-state index in [0.717, 1.165) is 18.4 Å². The fourth-order valence-electron chi connectivity index (χ4n) is 1.90. The van der Waals surface area contributed by atoms with E-state index in [1.807, 2.05) is 25.1 Å². The van der Waals surface area contributed by atoms with E-state index >= 15 is 0 Å². The predicted octanol–water partition coefficient (Wildman–Crippen LogP) is 1.57. The van der Waals surface area contributed by atoms with Gasteiger partial charge in [0.1, 0.15) is 0 Å². The molecular formula is C14H20N2O2. The Bertz CT molecular complexity index is 428. The van der Waals surface area contributed by atoms with Gasteiger partial charge < -0.3 is 15.7 Å². The molecule has 18 heavy (non-hydrogen) atoms. The molecule has 1 aromatic carbocycles. The van der Waals surface area contributed by atoms with Gasteiger partial charge in [-0.3, -0.25) is 0 Å². The molecule has 0 aliphatic heterocycles. The van der Waals surface area contributed by atoms with Crippen LogP contribution in [0.2, 0.25) is 0 Å². The number of hydrogen-bond donors (Lipinski definition) is 3. The van der Waals surface area contributed by atoms with Crippen LogP contribution in [0.4, 0.5) is 4.79 Å². The van der Waals surface area contributed by atoms with Gasteiger partial charge >= 0.3 is 6.03 Å². The van der Waals surface area contributed by atoms with Crippen molar-refractivity contribution in [1.29, 1.82) is 0 Å². The number of urea groups is 1. The summed E-state index contributed by atoms with van der Waals surface area (Å²) in [5.74, 6) is 0. The average molecular weight is 248 g/mol. The summed E-state index contributed by atoms with van der Waals surface area (Å²) < 4.78 is 0. The largest absolute Gasteiger partial charge is 0.396 e. The van der Waals surface area contributed by atoms with Crippen molar-refractivity contribution >= 4 is 6.03 Å². The number of benzene rings is 1. The van der Waals surface area contributed by atoms with Crippen molar-refractivity contribution in [3.63, 3.8) is 0 Å². The van der Waals surface area contributed by atoms with Gasteiger partial charge in [0.15, 0.2) is 0 Å². The Morgan fingerprint density at radius 3 is 2.78 bits per heavy atom. The van der Waals surface area contributed by atoms with E-state index in [0.29, 0.717) is 13.1 Å². The molecule has 2 amide bonds. The average Bonchev–Trinajstić information content (AvgIpc) is 3.15. The third kappa shape index (κ3) is 3.47. The van der Waals surface area contributed by atoms with Gasteiger partial charge in [0.25, 0.3) is 0 Å². The van der Waals surface area contributed by atoms with E-state index < -0.39 is 0 Å². The van der Waals surface area contributed by atoms with Crippen molar-refractivity contribution in [3.05, 3.63) is 35.4 Å². The van der Waals surface area contributed by atoms with E-state index in [4.69, 9.17) is 5.11 Å². The van der Waals surface area contributed by atoms with Crippen LogP contribution in [0.25, 0.3) is 0 Å². The Labute approximate surface area is 107 Å². The summed E-state index contributed by atoms with van der Waals surface area (Å²) in [5, 5.41) is 14.8. The van der Waals surface area contributed by atoms with E-state index in [1.54, 1.807) is 0 Å². The SMILES string of the molecule is Cc1cccc(CNC(=O)NCC2(CO)CC2)c1. The van der Waals surface area contributed by atoms with Crippen molar-refractivity contribution in [2.45, 2.75) is 26.3 Å². The molecule has 2 rings (SSSR count). The van der Waals surface area contributed by atoms with Gasteiger partial charge in [-0.1, -0.05) is 29.8 Å². The third-order valence-electron chi connectivity index (χ3n) is 3.45. The summed E-state index contributed by atoms with van der Waals surface area (Å²) in [6.45, 7) is 3.27. The molecule has 98 valence electrons. The van der Waals surface area contributed by atoms with Crippen LogP contribution in [-0.4, -0.2) is 24.3 Å². The van der Waals surface area contributed by atoms with Gasteiger partial charge in [-0.2, -0.15) is 0 Å². The van der Waals surface area contributed by atoms with Crippen LogP contribution in [0.3, 0.4) is 0 Å². The molecule has 0 radical (unpaired) electrons. The monoisotopic (exact) mass is 248 g/mol. The predicted molar refractivity (Wildman–Crippen MR) is 70.2 cm³/mol. The number of carbonyl (C=O) groups is 1. The van der Waals surface area contributed by atoms with Crippen LogP contribution in [0.15, 0.2) is 24.3 Å². The van der Waals surface area contributed by atoms with Crippen LogP contribution in [0, 0.1) is 12.3 Å². The van der Waals surface area contributed by atoms with Crippen molar-refractivity contribution < 1.29 is 9.90 Å². The number of nitrogens with one attached hydrogen (secondary N) is 2. The Morgan fingerprint density at radius 1 is 1.39 bits per heavy atom. The number of hydrogen-bond acceptors (Lipinski definition) is 2. The van der Waals surface area contributed by atoms with E-state index in [1.165, 1.54) is 5.56 Å². The van der Waals surface area contributed by atoms with Crippen molar-refractivity contribution in [1.82, 2.24) is 10.6 Å². The molecule has 1 aliphatic carbocycles. The maximum absolute atomic E-state index is 11.6. The summed E-state index contributed by atoms with van der Waals surface area (Å²) in [4.78, 5) is 11.6. The zero-order chi connectivity index (χ0) is 13.0. The Hall–Kier alpha value is -1.55. The lowest BCUT2D eigenvalue weighted by Crippen LogP contribution is -2.39. The lowest BCUT2D eigenvalue weighted by atomic mass is 10.1. The maximum atomic E-state index is 11.6. The quantitative estimate of drug-likeness (QED) is 0.740. The first-order valence-corrected chi connectivity index (χ1v) is 6.32. The van der Waals surface area contributed by atoms with Crippen molar-refractivity contribution in [2.75, 3.05) is 13.2 Å². The summed E-state index contributed by atoms with van der Waals surface area (Å²) in [7, 11) is 0. The van der Waals surface area contributed by atoms with Gasteiger partial charge in [-0.25, -0.2) is 4.79 Å². The zero-order valence-corrected chi connectivity index (χ0v) is 10.7. The van der Waals surface area contributed by atoms with Crippen molar-refractivity contribution in [2.24, 2.45) is 5.41 Å². The van der Waals surface area contributed by atoms with Gasteiger partial charge in [0.05, 0.1) is 6.61 Å². The second-order valence-corrected chi connectivity index (χ2v) is 5.18. The molecule has 4 heteroatoms. The molecule has 0 aromatic heterocycles. The lowest BCUT2D eigenvalue weighted by Gasteiger charge is -2.13. The van der Waals surface area contributed by atoms with Crippen LogP contribution in [0.5, 0.6) is 0 Å². The van der Waals surface area contributed by atoms with Crippen molar-refractivity contribution in [3.8, 4) is 0 Å². The Morgan fingerprint density at radius 2 is 2.17 bits per heavy atom. The van der Waals surface area contributed by atoms with Crippen LogP contribution in [-0.2, 0) is 6.54 Å². The third-order valence-corrected chi connectivity index (χ3v) is 3.45. The Balaban J connectivity index is 1.72. The highest BCUT2D eigenvalue weighted by Gasteiger charge is 2.42. The second kappa shape index (κ2) is 5.40. The first-order chi connectivity index (χ1) is 8.63. The molecule has 1 aliphatic rings. The topological polar surface area (TPSA) is 61.4 Å². The molecule has 4 nitrogen and oxygen atoms in total. The molecule has 3 N–H and O–H groups in total. The number of amides is 2. The smallest absolute Gasteiger partial charge is 0.315 e. The summed E-state index contributed by atoms with van der Waals surface area (Å²) in [6, 6.07) is 7.88. The number of aliphatic hydroxyl groups excluding tert-OH is 1. The highest BCUT2D eigenvalue weighted by molar-refractivity contribution is 5.73. The molecule has 1 fully saturated rings. The number of carbonyl (C=O) groups excluding carboxylic acids is 1. The molecule has 0 saturated heterocycles. The normalized spacial score (nSPS) is 16.1. The summed E-state index contributed by atoms with van der Waals surface area (Å²) in [6.07, 6.45) is 2.00. The highest BCUT2D eigenvalue weighted by atomic mass is 16.3. The maximum Gasteiger partial charge on any atom is 0.315 e. The zero-order valence-electron chi connectivity index (χ0n) is 10.7. The van der Waals surface area contributed by atoms with Gasteiger partial charge in [-0.15, -0.1) is 0 Å². The highest BCUT2D eigenvalue weighted by Crippen LogP contribution is 2.44. The second-order valence-electron chi connectivity index (χ2n) is 5.18. The molecular weight excluding hydrogens is 228 g/mol. The van der Waals surface area contributed by atoms with Gasteiger partial charge in [0.2, 0.25) is 0 Å². The first-order valence-electron chi connectivity index (χ1n) is 6.32. The minimum absolute atomic E-state index is 0.0410. The van der Waals surface area contributed by atoms with E-state index in [9.17, 15) is 4.79 Å². The van der Waals surface area contributed by atoms with Crippen LogP contribution < -0.4 is 10.6 Å². The van der Waals surface area contributed by atoms with Gasteiger partial charge in [-0.05, 0) is 25.3 Å². The van der Waals surface area contributed by atoms with Crippen LogP contribution >= 0.6 is 0 Å². The molecule has 1 aromatic rings. The van der Waals surface area contributed by atoms with Crippen LogP contribution in [0.1, 0.15) is 24.0 Å². The first kappa shape index (κ1) is 12.9. The minimum Gasteiger partial charge on any atom is -0.396 e. The Kier molecular flexibility index (Phi) is 3.87. The molecule has 0 unspecified atom stereocenters. The standard InChI is InChI=1S/C14H20N2O2/c1-11-3-2-4-12(7-11)8-15-13(18)16-9-14(10-17)5-6-14/h2-4,7,17H,5-6,8-10H2,1H3,(H2,15,16,18). The fourth-order valence-corrected chi connectivity index (χ4v) is 1.90. The molecule has 0 heterocycles. The minimum atomic E-state index is -0.170. The molecule has 0 atom stereocenters. The van der Waals surface area contributed by atoms with E-state index in [2.05, 4.69) is 16.7 Å². The fraction of sp³-hybridized carbons (Fsp3) is 0.500. The number of aryl methyl sites for hydroxylation is 1. The molecule has 0 spiro atoms. The van der Waals surface area contributed by atoms with Gasteiger partial charge in [0, 0.05) is 18.5 Å². The number of rotatable bonds is 5. The molecule has 1 saturated carbocycles. The number of aliphatic hydroxyl groups is 1. The summed E-state index contributed by atoms with van der Waals surface area (Å²) in [5.41, 5.74) is 2.24. The lowest BCUT2D eigenvalue weighted by molar-refractivity contribution is 0.203. The van der Waals surface area contributed by atoms with E-state index in [-0.39, 0.29) is 18.1 Å². The molecule has 0 bridgehead atoms.